The first-order chi connectivity index (χ1) is 33.6. The predicted octanol–water partition coefficient (Wildman–Crippen LogP) is 7.97. The number of halogens is 2. The van der Waals surface area contributed by atoms with Crippen molar-refractivity contribution in [2.75, 3.05) is 0 Å². The van der Waals surface area contributed by atoms with Crippen LogP contribution in [0.25, 0.3) is 11.1 Å². The number of hydrogen-bond acceptors (Lipinski definition) is 14. The molecule has 0 saturated carbocycles. The van der Waals surface area contributed by atoms with Gasteiger partial charge in [-0.1, -0.05) is 59.6 Å². The standard InChI is InChI=1S/C52H50Cl2N6O10/c1-29-37(27-69-47-15-45(67-25-35-11-33(17-55)19-57-21-35)39(13-43(47)53)23-59-49(31(3)61)51(63)64)7-5-9-41(29)42-10-6-8-38(30(42)2)28-70-48-16-46(68-26-36-12-34(18-56)20-58-22-36)40(14-44(48)54)24-60-50(32(4)62)52(65)66/h5-16,19-22,31-32,49-50,59-62H,23-28H2,1-4H3,(H,63,64)(H,65,66)/t31-,32-,49+,50+/m1/s1. The molecular formula is C52H50Cl2N6O10. The molecule has 0 spiro atoms. The van der Waals surface area contributed by atoms with Gasteiger partial charge in [0.15, 0.2) is 0 Å². The third kappa shape index (κ3) is 13.5. The van der Waals surface area contributed by atoms with Crippen molar-refractivity contribution in [3.8, 4) is 46.3 Å². The number of benzene rings is 4. The Bertz CT molecular complexity index is 2740. The Morgan fingerprint density at radius 3 is 1.33 bits per heavy atom. The van der Waals surface area contributed by atoms with Gasteiger partial charge in [-0.2, -0.15) is 10.5 Å². The lowest BCUT2D eigenvalue weighted by Gasteiger charge is -2.20. The average Bonchev–Trinajstić information content (AvgIpc) is 3.33. The highest BCUT2D eigenvalue weighted by molar-refractivity contribution is 6.32. The summed E-state index contributed by atoms with van der Waals surface area (Å²) < 4.78 is 25.0. The Kier molecular flexibility index (Phi) is 18.1. The average molecular weight is 990 g/mol. The van der Waals surface area contributed by atoms with E-state index in [0.29, 0.717) is 56.4 Å². The van der Waals surface area contributed by atoms with Crippen molar-refractivity contribution in [2.24, 2.45) is 0 Å². The van der Waals surface area contributed by atoms with Crippen LogP contribution in [0.4, 0.5) is 0 Å². The Morgan fingerprint density at radius 2 is 0.971 bits per heavy atom. The maximum absolute atomic E-state index is 11.8. The highest BCUT2D eigenvalue weighted by atomic mass is 35.5. The molecule has 4 atom stereocenters. The van der Waals surface area contributed by atoms with E-state index in [-0.39, 0.29) is 49.6 Å². The van der Waals surface area contributed by atoms with Gasteiger partial charge in [-0.15, -0.1) is 0 Å². The third-order valence-corrected chi connectivity index (χ3v) is 11.9. The number of nitrogens with one attached hydrogen (secondary N) is 2. The summed E-state index contributed by atoms with van der Waals surface area (Å²) in [5, 5.41) is 64.3. The molecule has 362 valence electrons. The van der Waals surface area contributed by atoms with Crippen molar-refractivity contribution in [1.82, 2.24) is 20.6 Å². The summed E-state index contributed by atoms with van der Waals surface area (Å²) in [5.74, 6) is -1.16. The van der Waals surface area contributed by atoms with Crippen molar-refractivity contribution in [2.45, 2.75) is 91.5 Å². The molecule has 0 fully saturated rings. The normalized spacial score (nSPS) is 12.7. The molecule has 2 aromatic heterocycles. The number of aromatic nitrogens is 2. The van der Waals surface area contributed by atoms with Gasteiger partial charge in [-0.05, 0) is 85.3 Å². The number of nitrogens with zero attached hydrogens (tertiary/aromatic N) is 4. The van der Waals surface area contributed by atoms with E-state index in [1.165, 1.54) is 26.2 Å². The number of carboxylic acids is 2. The predicted molar refractivity (Wildman–Crippen MR) is 259 cm³/mol. The zero-order valence-corrected chi connectivity index (χ0v) is 40.1. The van der Waals surface area contributed by atoms with Gasteiger partial charge in [-0.3, -0.25) is 30.2 Å². The zero-order chi connectivity index (χ0) is 50.5. The van der Waals surface area contributed by atoms with Gasteiger partial charge in [0.1, 0.15) is 73.6 Å². The van der Waals surface area contributed by atoms with Gasteiger partial charge < -0.3 is 39.4 Å². The van der Waals surface area contributed by atoms with E-state index in [4.69, 9.17) is 42.1 Å². The molecule has 2 heterocycles. The monoisotopic (exact) mass is 988 g/mol. The highest BCUT2D eigenvalue weighted by Crippen LogP contribution is 2.37. The number of carboxylic acid groups (broad SMARTS) is 2. The second-order valence-corrected chi connectivity index (χ2v) is 17.2. The van der Waals surface area contributed by atoms with Crippen LogP contribution in [0.15, 0.2) is 97.6 Å². The molecule has 6 rings (SSSR count). The quantitative estimate of drug-likeness (QED) is 0.0356. The van der Waals surface area contributed by atoms with Crippen molar-refractivity contribution in [1.29, 1.82) is 10.5 Å². The highest BCUT2D eigenvalue weighted by Gasteiger charge is 2.25. The number of aliphatic hydroxyl groups is 2. The van der Waals surface area contributed by atoms with Gasteiger partial charge in [0.25, 0.3) is 0 Å². The fourth-order valence-corrected chi connectivity index (χ4v) is 7.92. The summed E-state index contributed by atoms with van der Waals surface area (Å²) >= 11 is 13.6. The second-order valence-electron chi connectivity index (χ2n) is 16.4. The molecule has 6 aromatic rings. The van der Waals surface area contributed by atoms with Crippen molar-refractivity contribution >= 4 is 35.1 Å². The van der Waals surface area contributed by atoms with Crippen LogP contribution in [0.1, 0.15) is 69.5 Å². The van der Waals surface area contributed by atoms with Crippen LogP contribution < -0.4 is 29.6 Å². The lowest BCUT2D eigenvalue weighted by molar-refractivity contribution is -0.143. The number of carbonyl (C=O) groups is 2. The molecule has 0 aliphatic rings. The maximum Gasteiger partial charge on any atom is 0.323 e. The first-order valence-corrected chi connectivity index (χ1v) is 22.6. The van der Waals surface area contributed by atoms with Crippen LogP contribution in [-0.4, -0.2) is 66.6 Å². The number of nitriles is 2. The molecule has 0 saturated heterocycles. The van der Waals surface area contributed by atoms with E-state index >= 15 is 0 Å². The topological polar surface area (TPSA) is 249 Å². The minimum absolute atomic E-state index is 0.00858. The summed E-state index contributed by atoms with van der Waals surface area (Å²) in [6.07, 6.45) is 3.66. The summed E-state index contributed by atoms with van der Waals surface area (Å²) in [7, 11) is 0. The molecule has 0 bridgehead atoms. The molecule has 0 unspecified atom stereocenters. The number of aliphatic hydroxyl groups excluding tert-OH is 2. The molecule has 4 aromatic carbocycles. The molecule has 18 heteroatoms. The summed E-state index contributed by atoms with van der Waals surface area (Å²) in [4.78, 5) is 31.8. The van der Waals surface area contributed by atoms with Gasteiger partial charge in [0.05, 0.1) is 33.4 Å². The first kappa shape index (κ1) is 52.1. The van der Waals surface area contributed by atoms with Crippen LogP contribution >= 0.6 is 23.2 Å². The molecule has 0 aliphatic carbocycles. The van der Waals surface area contributed by atoms with E-state index in [1.807, 2.05) is 50.2 Å². The fraction of sp³-hybridized carbons (Fsp3) is 0.269. The van der Waals surface area contributed by atoms with Gasteiger partial charge in [0, 0.05) is 72.3 Å². The van der Waals surface area contributed by atoms with Crippen LogP contribution in [-0.2, 0) is 49.1 Å². The number of pyridine rings is 2. The number of aliphatic carboxylic acids is 2. The number of ether oxygens (including phenoxy) is 4. The van der Waals surface area contributed by atoms with Crippen LogP contribution in [0.3, 0.4) is 0 Å². The molecule has 0 radical (unpaired) electrons. The zero-order valence-electron chi connectivity index (χ0n) is 38.6. The lowest BCUT2D eigenvalue weighted by atomic mass is 9.92. The van der Waals surface area contributed by atoms with Crippen molar-refractivity contribution < 1.29 is 49.0 Å². The number of rotatable bonds is 23. The van der Waals surface area contributed by atoms with Crippen molar-refractivity contribution in [3.63, 3.8) is 0 Å². The van der Waals surface area contributed by atoms with E-state index in [0.717, 1.165) is 33.4 Å². The summed E-state index contributed by atoms with van der Waals surface area (Å²) in [6.45, 7) is 7.05. The van der Waals surface area contributed by atoms with E-state index in [2.05, 4.69) is 32.7 Å². The SMILES string of the molecule is Cc1c(COc2cc(OCc3cncc(C#N)c3)c(CN[C@H](C(=O)O)[C@@H](C)O)cc2Cl)cccc1-c1cccc(COc2cc(OCc3cncc(C#N)c3)c(CN[C@H](C(=O)O)[C@@H](C)O)cc2Cl)c1C. The van der Waals surface area contributed by atoms with Crippen LogP contribution in [0, 0.1) is 36.5 Å². The molecule has 6 N–H and O–H groups in total. The van der Waals surface area contributed by atoms with E-state index in [9.17, 15) is 40.5 Å². The van der Waals surface area contributed by atoms with Crippen LogP contribution in [0.2, 0.25) is 10.0 Å². The minimum Gasteiger partial charge on any atom is -0.488 e. The Morgan fingerprint density at radius 1 is 0.586 bits per heavy atom. The van der Waals surface area contributed by atoms with Gasteiger partial charge in [0.2, 0.25) is 0 Å². The Balaban J connectivity index is 1.21. The molecule has 0 aliphatic heterocycles. The maximum atomic E-state index is 11.8. The van der Waals surface area contributed by atoms with Crippen LogP contribution in [0.5, 0.6) is 23.0 Å². The number of hydrogen-bond donors (Lipinski definition) is 6. The van der Waals surface area contributed by atoms with Gasteiger partial charge >= 0.3 is 11.9 Å². The lowest BCUT2D eigenvalue weighted by Crippen LogP contribution is -2.44. The largest absolute Gasteiger partial charge is 0.488 e. The molecule has 0 amide bonds. The Hall–Kier alpha value is -7.28. The minimum atomic E-state index is -1.25. The molecule has 70 heavy (non-hydrogen) atoms. The first-order valence-electron chi connectivity index (χ1n) is 21.9. The van der Waals surface area contributed by atoms with Crippen molar-refractivity contribution in [3.05, 3.63) is 163 Å². The van der Waals surface area contributed by atoms with E-state index < -0.39 is 36.2 Å². The molecular weight excluding hydrogens is 940 g/mol. The third-order valence-electron chi connectivity index (χ3n) is 11.3. The molecule has 16 nitrogen and oxygen atoms in total. The summed E-state index contributed by atoms with van der Waals surface area (Å²) in [6, 6.07) is 23.2. The van der Waals surface area contributed by atoms with Gasteiger partial charge in [-0.25, -0.2) is 0 Å². The smallest absolute Gasteiger partial charge is 0.323 e. The second kappa shape index (κ2) is 24.3. The van der Waals surface area contributed by atoms with E-state index in [1.54, 1.807) is 48.8 Å². The summed E-state index contributed by atoms with van der Waals surface area (Å²) in [5.41, 5.74) is 8.54. The Labute approximate surface area is 414 Å². The fourth-order valence-electron chi connectivity index (χ4n) is 7.44.